The summed E-state index contributed by atoms with van der Waals surface area (Å²) in [4.78, 5) is 15.0. The van der Waals surface area contributed by atoms with Gasteiger partial charge < -0.3 is 9.63 Å². The number of aliphatic carboxylic acids is 1. The first-order valence-electron chi connectivity index (χ1n) is 5.82. The number of carboxylic acid groups (broad SMARTS) is 1. The molecule has 0 spiro atoms. The molecule has 0 fully saturated rings. The molecule has 1 heterocycles. The fraction of sp³-hybridized carbons (Fsp3) is 0.750. The van der Waals surface area contributed by atoms with E-state index in [1.54, 1.807) is 0 Å². The van der Waals surface area contributed by atoms with Crippen molar-refractivity contribution in [1.29, 1.82) is 0 Å². The van der Waals surface area contributed by atoms with E-state index in [-0.39, 0.29) is 11.8 Å². The highest BCUT2D eigenvalue weighted by Gasteiger charge is 2.25. The third-order valence-electron chi connectivity index (χ3n) is 2.36. The van der Waals surface area contributed by atoms with Gasteiger partial charge in [0.05, 0.1) is 6.42 Å². The maximum Gasteiger partial charge on any atom is 0.303 e. The van der Waals surface area contributed by atoms with Crippen molar-refractivity contribution in [2.45, 2.75) is 47.0 Å². The van der Waals surface area contributed by atoms with Crippen LogP contribution in [-0.2, 0) is 17.6 Å². The Morgan fingerprint density at radius 2 is 2.12 bits per heavy atom. The van der Waals surface area contributed by atoms with Gasteiger partial charge in [-0.05, 0) is 11.3 Å². The Morgan fingerprint density at radius 1 is 1.47 bits per heavy atom. The molecule has 1 aromatic rings. The van der Waals surface area contributed by atoms with Crippen LogP contribution in [0.2, 0.25) is 0 Å². The van der Waals surface area contributed by atoms with Crippen molar-refractivity contribution >= 4 is 5.97 Å². The third-order valence-corrected chi connectivity index (χ3v) is 2.36. The summed E-state index contributed by atoms with van der Waals surface area (Å²) >= 11 is 0. The van der Waals surface area contributed by atoms with Crippen molar-refractivity contribution in [1.82, 2.24) is 10.1 Å². The lowest BCUT2D eigenvalue weighted by atomic mass is 9.86. The number of aromatic nitrogens is 2. The molecular formula is C12H20N2O3. The Bertz CT molecular complexity index is 383. The quantitative estimate of drug-likeness (QED) is 0.825. The van der Waals surface area contributed by atoms with E-state index < -0.39 is 5.97 Å². The van der Waals surface area contributed by atoms with E-state index in [0.29, 0.717) is 24.1 Å². The summed E-state index contributed by atoms with van der Waals surface area (Å²) < 4.78 is 5.13. The standard InChI is InChI=1S/C12H20N2O3/c1-8(2)5-9-13-10(17-14-9)6-12(3,4)7-11(15)16/h8H,5-7H2,1-4H3,(H,15,16). The zero-order valence-corrected chi connectivity index (χ0v) is 10.9. The normalized spacial score (nSPS) is 12.1. The molecule has 0 aliphatic carbocycles. The smallest absolute Gasteiger partial charge is 0.303 e. The highest BCUT2D eigenvalue weighted by atomic mass is 16.5. The number of hydrogen-bond donors (Lipinski definition) is 1. The summed E-state index contributed by atoms with van der Waals surface area (Å²) in [5.74, 6) is 0.887. The average molecular weight is 240 g/mol. The van der Waals surface area contributed by atoms with Gasteiger partial charge in [0.2, 0.25) is 5.89 Å². The van der Waals surface area contributed by atoms with Crippen LogP contribution >= 0.6 is 0 Å². The predicted octanol–water partition coefficient (Wildman–Crippen LogP) is 2.31. The van der Waals surface area contributed by atoms with Gasteiger partial charge in [0.15, 0.2) is 5.82 Å². The van der Waals surface area contributed by atoms with Crippen LogP contribution in [0.25, 0.3) is 0 Å². The van der Waals surface area contributed by atoms with Gasteiger partial charge in [-0.15, -0.1) is 0 Å². The van der Waals surface area contributed by atoms with Crippen molar-refractivity contribution in [2.24, 2.45) is 11.3 Å². The van der Waals surface area contributed by atoms with E-state index in [9.17, 15) is 4.79 Å². The van der Waals surface area contributed by atoms with Gasteiger partial charge in [0.25, 0.3) is 0 Å². The zero-order valence-electron chi connectivity index (χ0n) is 10.9. The second-order valence-electron chi connectivity index (χ2n) is 5.61. The van der Waals surface area contributed by atoms with Gasteiger partial charge in [0.1, 0.15) is 0 Å². The minimum Gasteiger partial charge on any atom is -0.481 e. The average Bonchev–Trinajstić information content (AvgIpc) is 2.46. The maximum absolute atomic E-state index is 10.7. The summed E-state index contributed by atoms with van der Waals surface area (Å²) in [5, 5.41) is 12.7. The lowest BCUT2D eigenvalue weighted by Crippen LogP contribution is -2.19. The van der Waals surface area contributed by atoms with Gasteiger partial charge in [-0.25, -0.2) is 0 Å². The van der Waals surface area contributed by atoms with Crippen LogP contribution < -0.4 is 0 Å². The van der Waals surface area contributed by atoms with E-state index in [2.05, 4.69) is 24.0 Å². The van der Waals surface area contributed by atoms with Crippen LogP contribution in [0.3, 0.4) is 0 Å². The largest absolute Gasteiger partial charge is 0.481 e. The molecule has 0 radical (unpaired) electrons. The van der Waals surface area contributed by atoms with Gasteiger partial charge in [-0.2, -0.15) is 4.98 Å². The predicted molar refractivity (Wildman–Crippen MR) is 62.6 cm³/mol. The third kappa shape index (κ3) is 4.97. The molecule has 96 valence electrons. The molecule has 0 bridgehead atoms. The SMILES string of the molecule is CC(C)Cc1noc(CC(C)(C)CC(=O)O)n1. The molecule has 0 saturated heterocycles. The van der Waals surface area contributed by atoms with Crippen LogP contribution in [0.5, 0.6) is 0 Å². The van der Waals surface area contributed by atoms with Crippen molar-refractivity contribution in [3.8, 4) is 0 Å². The lowest BCUT2D eigenvalue weighted by molar-refractivity contribution is -0.139. The molecule has 1 aromatic heterocycles. The number of hydrogen-bond acceptors (Lipinski definition) is 4. The Balaban J connectivity index is 2.62. The molecular weight excluding hydrogens is 220 g/mol. The van der Waals surface area contributed by atoms with Crippen molar-refractivity contribution in [2.75, 3.05) is 0 Å². The van der Waals surface area contributed by atoms with Gasteiger partial charge >= 0.3 is 5.97 Å². The Hall–Kier alpha value is -1.39. The molecule has 0 unspecified atom stereocenters. The minimum absolute atomic E-state index is 0.0922. The number of carbonyl (C=O) groups is 1. The van der Waals surface area contributed by atoms with E-state index in [0.717, 1.165) is 6.42 Å². The first-order valence-corrected chi connectivity index (χ1v) is 5.82. The number of nitrogens with zero attached hydrogens (tertiary/aromatic N) is 2. The molecule has 0 aromatic carbocycles. The van der Waals surface area contributed by atoms with Gasteiger partial charge in [-0.1, -0.05) is 32.9 Å². The zero-order chi connectivity index (χ0) is 13.1. The summed E-state index contributed by atoms with van der Waals surface area (Å²) in [5.41, 5.74) is -0.368. The molecule has 0 amide bonds. The Labute approximate surface area is 101 Å². The van der Waals surface area contributed by atoms with E-state index in [1.807, 2.05) is 13.8 Å². The molecule has 1 N–H and O–H groups in total. The van der Waals surface area contributed by atoms with Crippen molar-refractivity contribution < 1.29 is 14.4 Å². The highest BCUT2D eigenvalue weighted by molar-refractivity contribution is 5.67. The van der Waals surface area contributed by atoms with E-state index in [1.165, 1.54) is 0 Å². The molecule has 0 aliphatic heterocycles. The summed E-state index contributed by atoms with van der Waals surface area (Å²) in [7, 11) is 0. The van der Waals surface area contributed by atoms with Crippen LogP contribution in [0.4, 0.5) is 0 Å². The maximum atomic E-state index is 10.7. The highest BCUT2D eigenvalue weighted by Crippen LogP contribution is 2.25. The second-order valence-corrected chi connectivity index (χ2v) is 5.61. The molecule has 0 aliphatic rings. The first-order chi connectivity index (χ1) is 7.78. The topological polar surface area (TPSA) is 76.2 Å². The van der Waals surface area contributed by atoms with E-state index >= 15 is 0 Å². The Morgan fingerprint density at radius 3 is 2.65 bits per heavy atom. The summed E-state index contributed by atoms with van der Waals surface area (Å²) in [6.07, 6.45) is 1.36. The van der Waals surface area contributed by atoms with Crippen LogP contribution in [0, 0.1) is 11.3 Å². The summed E-state index contributed by atoms with van der Waals surface area (Å²) in [6.45, 7) is 7.94. The number of carboxylic acids is 1. The van der Waals surface area contributed by atoms with Crippen LogP contribution in [0.15, 0.2) is 4.52 Å². The molecule has 0 saturated carbocycles. The van der Waals surface area contributed by atoms with Crippen LogP contribution in [-0.4, -0.2) is 21.2 Å². The van der Waals surface area contributed by atoms with E-state index in [4.69, 9.17) is 9.63 Å². The first kappa shape index (κ1) is 13.7. The molecule has 5 heteroatoms. The molecule has 5 nitrogen and oxygen atoms in total. The molecule has 17 heavy (non-hydrogen) atoms. The lowest BCUT2D eigenvalue weighted by Gasteiger charge is -2.19. The monoisotopic (exact) mass is 240 g/mol. The molecule has 1 rings (SSSR count). The second kappa shape index (κ2) is 5.29. The Kier molecular flexibility index (Phi) is 4.26. The fourth-order valence-corrected chi connectivity index (χ4v) is 1.69. The van der Waals surface area contributed by atoms with Crippen molar-refractivity contribution in [3.63, 3.8) is 0 Å². The molecule has 0 atom stereocenters. The van der Waals surface area contributed by atoms with Gasteiger partial charge in [-0.3, -0.25) is 4.79 Å². The van der Waals surface area contributed by atoms with Crippen LogP contribution in [0.1, 0.15) is 45.8 Å². The minimum atomic E-state index is -0.808. The van der Waals surface area contributed by atoms with Crippen molar-refractivity contribution in [3.05, 3.63) is 11.7 Å². The summed E-state index contributed by atoms with van der Waals surface area (Å²) in [6, 6.07) is 0. The van der Waals surface area contributed by atoms with Gasteiger partial charge in [0, 0.05) is 12.8 Å². The fourth-order valence-electron chi connectivity index (χ4n) is 1.69. The number of rotatable bonds is 6.